The number of rotatable bonds is 7. The molecule has 3 nitrogen and oxygen atoms in total. The van der Waals surface area contributed by atoms with E-state index in [9.17, 15) is 4.79 Å². The van der Waals surface area contributed by atoms with E-state index >= 15 is 0 Å². The smallest absolute Gasteiger partial charge is 0.217 e. The van der Waals surface area contributed by atoms with Gasteiger partial charge in [-0.3, -0.25) is 4.79 Å². The maximum absolute atomic E-state index is 10.6. The third kappa shape index (κ3) is 4.07. The molecule has 3 N–H and O–H groups in total. The summed E-state index contributed by atoms with van der Waals surface area (Å²) >= 11 is 0. The van der Waals surface area contributed by atoms with E-state index in [1.54, 1.807) is 0 Å². The second-order valence-corrected chi connectivity index (χ2v) is 5.21. The summed E-state index contributed by atoms with van der Waals surface area (Å²) in [6.07, 6.45) is 2.31. The number of carbonyl (C=O) groups excluding carboxylic acids is 1. The van der Waals surface area contributed by atoms with Crippen LogP contribution in [0.5, 0.6) is 0 Å². The van der Waals surface area contributed by atoms with Gasteiger partial charge in [-0.25, -0.2) is 0 Å². The van der Waals surface area contributed by atoms with Gasteiger partial charge in [-0.05, 0) is 48.7 Å². The van der Waals surface area contributed by atoms with Crippen LogP contribution >= 0.6 is 0 Å². The molecule has 2 rings (SSSR count). The molecule has 1 amide bonds. The highest BCUT2D eigenvalue weighted by atomic mass is 16.1. The zero-order valence-corrected chi connectivity index (χ0v) is 11.9. The summed E-state index contributed by atoms with van der Waals surface area (Å²) in [4.78, 5) is 10.6. The van der Waals surface area contributed by atoms with Crippen LogP contribution in [0.25, 0.3) is 10.8 Å². The first-order chi connectivity index (χ1) is 9.66. The van der Waals surface area contributed by atoms with E-state index in [1.165, 1.54) is 16.3 Å². The topological polar surface area (TPSA) is 55.1 Å². The van der Waals surface area contributed by atoms with E-state index in [2.05, 4.69) is 54.7 Å². The molecule has 0 aromatic heterocycles. The SMILES string of the molecule is CC(NCCCCC(N)=O)c1ccc2ccccc2c1. The van der Waals surface area contributed by atoms with Crippen LogP contribution < -0.4 is 11.1 Å². The first-order valence-corrected chi connectivity index (χ1v) is 7.17. The second kappa shape index (κ2) is 7.06. The van der Waals surface area contributed by atoms with Crippen molar-refractivity contribution in [3.8, 4) is 0 Å². The van der Waals surface area contributed by atoms with Crippen LogP contribution in [0.3, 0.4) is 0 Å². The Morgan fingerprint density at radius 2 is 1.90 bits per heavy atom. The van der Waals surface area contributed by atoms with Gasteiger partial charge >= 0.3 is 0 Å². The van der Waals surface area contributed by atoms with Gasteiger partial charge in [0, 0.05) is 12.5 Å². The van der Waals surface area contributed by atoms with Gasteiger partial charge in [-0.2, -0.15) is 0 Å². The average molecular weight is 270 g/mol. The summed E-state index contributed by atoms with van der Waals surface area (Å²) in [6.45, 7) is 3.07. The van der Waals surface area contributed by atoms with Crippen molar-refractivity contribution in [3.63, 3.8) is 0 Å². The van der Waals surface area contributed by atoms with E-state index in [0.717, 1.165) is 19.4 Å². The monoisotopic (exact) mass is 270 g/mol. The normalized spacial score (nSPS) is 12.4. The van der Waals surface area contributed by atoms with Gasteiger partial charge in [-0.1, -0.05) is 36.4 Å². The minimum Gasteiger partial charge on any atom is -0.370 e. The first kappa shape index (κ1) is 14.5. The molecule has 0 bridgehead atoms. The van der Waals surface area contributed by atoms with Crippen LogP contribution in [0.1, 0.15) is 37.8 Å². The molecule has 0 saturated heterocycles. The zero-order chi connectivity index (χ0) is 14.4. The summed E-state index contributed by atoms with van der Waals surface area (Å²) in [5, 5.41) is 6.02. The predicted octanol–water partition coefficient (Wildman–Crippen LogP) is 3.15. The van der Waals surface area contributed by atoms with Gasteiger partial charge in [-0.15, -0.1) is 0 Å². The van der Waals surface area contributed by atoms with Gasteiger partial charge in [0.1, 0.15) is 0 Å². The lowest BCUT2D eigenvalue weighted by molar-refractivity contribution is -0.118. The molecular weight excluding hydrogens is 248 g/mol. The number of carbonyl (C=O) groups is 1. The van der Waals surface area contributed by atoms with Gasteiger partial charge in [0.25, 0.3) is 0 Å². The van der Waals surface area contributed by atoms with Crippen molar-refractivity contribution < 1.29 is 4.79 Å². The third-order valence-electron chi connectivity index (χ3n) is 3.57. The Balaban J connectivity index is 1.87. The largest absolute Gasteiger partial charge is 0.370 e. The number of amides is 1. The summed E-state index contributed by atoms with van der Waals surface area (Å²) in [5.41, 5.74) is 6.41. The Morgan fingerprint density at radius 3 is 2.65 bits per heavy atom. The standard InChI is InChI=1S/C17H22N2O/c1-13(19-11-5-4-8-17(18)20)15-10-9-14-6-2-3-7-16(14)12-15/h2-3,6-7,9-10,12-13,19H,4-5,8,11H2,1H3,(H2,18,20). The van der Waals surface area contributed by atoms with Crippen LogP contribution in [-0.4, -0.2) is 12.5 Å². The molecular formula is C17H22N2O. The van der Waals surface area contributed by atoms with Crippen molar-refractivity contribution in [2.75, 3.05) is 6.54 Å². The molecule has 0 aliphatic carbocycles. The Morgan fingerprint density at radius 1 is 1.15 bits per heavy atom. The van der Waals surface area contributed by atoms with Crippen LogP contribution in [0.2, 0.25) is 0 Å². The Hall–Kier alpha value is -1.87. The molecule has 2 aromatic carbocycles. The van der Waals surface area contributed by atoms with Crippen molar-refractivity contribution in [2.24, 2.45) is 5.73 Å². The maximum Gasteiger partial charge on any atom is 0.217 e. The number of nitrogens with two attached hydrogens (primary N) is 1. The Kier molecular flexibility index (Phi) is 5.13. The fraction of sp³-hybridized carbons (Fsp3) is 0.353. The zero-order valence-electron chi connectivity index (χ0n) is 11.9. The lowest BCUT2D eigenvalue weighted by atomic mass is 10.0. The molecule has 20 heavy (non-hydrogen) atoms. The summed E-state index contributed by atoms with van der Waals surface area (Å²) < 4.78 is 0. The van der Waals surface area contributed by atoms with E-state index in [1.807, 2.05) is 0 Å². The Labute approximate surface area is 120 Å². The van der Waals surface area contributed by atoms with Crippen LogP contribution in [-0.2, 0) is 4.79 Å². The van der Waals surface area contributed by atoms with Gasteiger partial charge in [0.05, 0.1) is 0 Å². The lowest BCUT2D eigenvalue weighted by Crippen LogP contribution is -2.20. The highest BCUT2D eigenvalue weighted by Crippen LogP contribution is 2.20. The lowest BCUT2D eigenvalue weighted by Gasteiger charge is -2.15. The number of hydrogen-bond donors (Lipinski definition) is 2. The molecule has 106 valence electrons. The van der Waals surface area contributed by atoms with Crippen molar-refractivity contribution in [1.82, 2.24) is 5.32 Å². The molecule has 1 unspecified atom stereocenters. The molecule has 1 atom stereocenters. The summed E-state index contributed by atoms with van der Waals surface area (Å²) in [7, 11) is 0. The number of benzene rings is 2. The molecule has 0 radical (unpaired) electrons. The minimum absolute atomic E-state index is 0.215. The number of unbranched alkanes of at least 4 members (excludes halogenated alkanes) is 1. The average Bonchev–Trinajstić information content (AvgIpc) is 2.46. The fourth-order valence-corrected chi connectivity index (χ4v) is 2.34. The number of primary amides is 1. The summed E-state index contributed by atoms with van der Waals surface area (Å²) in [5.74, 6) is -0.215. The maximum atomic E-state index is 10.6. The number of hydrogen-bond acceptors (Lipinski definition) is 2. The molecule has 0 aliphatic heterocycles. The highest BCUT2D eigenvalue weighted by molar-refractivity contribution is 5.83. The minimum atomic E-state index is -0.215. The number of fused-ring (bicyclic) bond motifs is 1. The van der Waals surface area contributed by atoms with Gasteiger partial charge in [0.2, 0.25) is 5.91 Å². The quantitative estimate of drug-likeness (QED) is 0.759. The summed E-state index contributed by atoms with van der Waals surface area (Å²) in [6, 6.07) is 15.3. The molecule has 0 heterocycles. The molecule has 2 aromatic rings. The highest BCUT2D eigenvalue weighted by Gasteiger charge is 2.05. The van der Waals surface area contributed by atoms with Gasteiger partial charge in [0.15, 0.2) is 0 Å². The van der Waals surface area contributed by atoms with Crippen LogP contribution in [0, 0.1) is 0 Å². The third-order valence-corrected chi connectivity index (χ3v) is 3.57. The van der Waals surface area contributed by atoms with E-state index in [-0.39, 0.29) is 5.91 Å². The molecule has 0 saturated carbocycles. The second-order valence-electron chi connectivity index (χ2n) is 5.21. The van der Waals surface area contributed by atoms with Crippen molar-refractivity contribution in [3.05, 3.63) is 48.0 Å². The number of nitrogens with one attached hydrogen (secondary N) is 1. The van der Waals surface area contributed by atoms with Crippen molar-refractivity contribution in [1.29, 1.82) is 0 Å². The van der Waals surface area contributed by atoms with E-state index in [0.29, 0.717) is 12.5 Å². The van der Waals surface area contributed by atoms with E-state index < -0.39 is 0 Å². The van der Waals surface area contributed by atoms with Gasteiger partial charge < -0.3 is 11.1 Å². The first-order valence-electron chi connectivity index (χ1n) is 7.17. The van der Waals surface area contributed by atoms with Crippen molar-refractivity contribution >= 4 is 16.7 Å². The van der Waals surface area contributed by atoms with Crippen molar-refractivity contribution in [2.45, 2.75) is 32.2 Å². The van der Waals surface area contributed by atoms with Crippen LogP contribution in [0.4, 0.5) is 0 Å². The molecule has 0 spiro atoms. The fourth-order valence-electron chi connectivity index (χ4n) is 2.34. The van der Waals surface area contributed by atoms with Crippen LogP contribution in [0.15, 0.2) is 42.5 Å². The molecule has 0 aliphatic rings. The molecule has 0 fully saturated rings. The molecule has 3 heteroatoms. The van der Waals surface area contributed by atoms with E-state index in [4.69, 9.17) is 5.73 Å². The Bertz CT molecular complexity index is 580. The predicted molar refractivity (Wildman–Crippen MR) is 83.4 cm³/mol.